The maximum Gasteiger partial charge on any atom is 0.226 e. The van der Waals surface area contributed by atoms with Gasteiger partial charge in [-0.1, -0.05) is 25.2 Å². The van der Waals surface area contributed by atoms with Crippen LogP contribution in [-0.2, 0) is 11.2 Å². The summed E-state index contributed by atoms with van der Waals surface area (Å²) in [4.78, 5) is 11.8. The number of aromatic nitrogens is 2. The zero-order valence-corrected chi connectivity index (χ0v) is 12.1. The quantitative estimate of drug-likeness (QED) is 0.913. The van der Waals surface area contributed by atoms with Gasteiger partial charge in [-0.2, -0.15) is 0 Å². The number of carbonyl (C=O) groups is 1. The molecule has 2 rings (SSSR count). The van der Waals surface area contributed by atoms with Crippen LogP contribution in [0.4, 0.5) is 5.13 Å². The van der Waals surface area contributed by atoms with Crippen LogP contribution in [-0.4, -0.2) is 16.1 Å². The highest BCUT2D eigenvalue weighted by Gasteiger charge is 2.11. The number of nitrogens with zero attached hydrogens (tertiary/aromatic N) is 2. The first-order chi connectivity index (χ1) is 9.04. The van der Waals surface area contributed by atoms with Gasteiger partial charge in [0.05, 0.1) is 0 Å². The van der Waals surface area contributed by atoms with Crippen LogP contribution >= 0.6 is 11.3 Å². The Kier molecular flexibility index (Phi) is 4.31. The van der Waals surface area contributed by atoms with Crippen molar-refractivity contribution in [2.45, 2.75) is 39.5 Å². The number of carbonyl (C=O) groups excluding carboxylic acids is 1. The average molecular weight is 279 g/mol. The van der Waals surface area contributed by atoms with Crippen molar-refractivity contribution in [3.05, 3.63) is 28.7 Å². The summed E-state index contributed by atoms with van der Waals surface area (Å²) in [6.07, 6.45) is 0.971. The maximum atomic E-state index is 11.8. The van der Waals surface area contributed by atoms with Crippen LogP contribution < -0.4 is 5.32 Å². The van der Waals surface area contributed by atoms with Gasteiger partial charge in [0.15, 0.2) is 0 Å². The number of aryl methyl sites for hydroxylation is 2. The lowest BCUT2D eigenvalue weighted by molar-refractivity contribution is -0.116. The van der Waals surface area contributed by atoms with E-state index < -0.39 is 0 Å². The topological polar surface area (TPSA) is 68.0 Å². The summed E-state index contributed by atoms with van der Waals surface area (Å²) >= 11 is 1.42. The minimum Gasteiger partial charge on any atom is -0.466 e. The van der Waals surface area contributed by atoms with E-state index in [0.717, 1.165) is 16.5 Å². The summed E-state index contributed by atoms with van der Waals surface area (Å²) in [5.41, 5.74) is 0. The lowest BCUT2D eigenvalue weighted by atomic mass is 10.2. The van der Waals surface area contributed by atoms with E-state index >= 15 is 0 Å². The number of hydrogen-bond acceptors (Lipinski definition) is 5. The van der Waals surface area contributed by atoms with E-state index in [1.54, 1.807) is 0 Å². The van der Waals surface area contributed by atoms with E-state index in [4.69, 9.17) is 4.42 Å². The molecule has 0 aliphatic carbocycles. The van der Waals surface area contributed by atoms with Crippen molar-refractivity contribution in [2.75, 3.05) is 5.32 Å². The fourth-order valence-electron chi connectivity index (χ4n) is 1.56. The summed E-state index contributed by atoms with van der Waals surface area (Å²) in [7, 11) is 0. The summed E-state index contributed by atoms with van der Waals surface area (Å²) in [6, 6.07) is 3.79. The Labute approximate surface area is 116 Å². The highest BCUT2D eigenvalue weighted by Crippen LogP contribution is 2.22. The van der Waals surface area contributed by atoms with Crippen molar-refractivity contribution >= 4 is 22.4 Å². The molecule has 102 valence electrons. The molecule has 0 unspecified atom stereocenters. The Morgan fingerprint density at radius 2 is 2.21 bits per heavy atom. The third kappa shape index (κ3) is 3.89. The van der Waals surface area contributed by atoms with E-state index in [0.29, 0.717) is 23.9 Å². The number of nitrogens with one attached hydrogen (secondary N) is 1. The van der Waals surface area contributed by atoms with Crippen LogP contribution in [0.2, 0.25) is 0 Å². The molecule has 0 aliphatic rings. The minimum atomic E-state index is -0.0690. The van der Waals surface area contributed by atoms with Crippen molar-refractivity contribution in [3.63, 3.8) is 0 Å². The molecule has 6 heteroatoms. The van der Waals surface area contributed by atoms with Crippen molar-refractivity contribution in [3.8, 4) is 0 Å². The molecular weight excluding hydrogens is 262 g/mol. The van der Waals surface area contributed by atoms with Gasteiger partial charge in [-0.15, -0.1) is 10.2 Å². The third-order valence-corrected chi connectivity index (χ3v) is 3.71. The fraction of sp³-hybridized carbons (Fsp3) is 0.462. The van der Waals surface area contributed by atoms with Crippen molar-refractivity contribution in [1.29, 1.82) is 0 Å². The van der Waals surface area contributed by atoms with Crippen LogP contribution in [0.15, 0.2) is 16.5 Å². The largest absolute Gasteiger partial charge is 0.466 e. The van der Waals surface area contributed by atoms with E-state index in [2.05, 4.69) is 15.5 Å². The monoisotopic (exact) mass is 279 g/mol. The smallest absolute Gasteiger partial charge is 0.226 e. The molecule has 0 spiro atoms. The first-order valence-electron chi connectivity index (χ1n) is 6.23. The lowest BCUT2D eigenvalue weighted by Gasteiger charge is -1.99. The second kappa shape index (κ2) is 5.97. The number of anilines is 1. The normalized spacial score (nSPS) is 10.9. The second-order valence-electron chi connectivity index (χ2n) is 4.66. The Morgan fingerprint density at radius 3 is 2.79 bits per heavy atom. The van der Waals surface area contributed by atoms with Crippen molar-refractivity contribution in [2.24, 2.45) is 0 Å². The van der Waals surface area contributed by atoms with Crippen LogP contribution in [0, 0.1) is 6.92 Å². The molecule has 1 N–H and O–H groups in total. The Morgan fingerprint density at radius 1 is 1.42 bits per heavy atom. The molecule has 2 aromatic rings. The molecule has 0 saturated heterocycles. The molecule has 5 nitrogen and oxygen atoms in total. The summed E-state index contributed by atoms with van der Waals surface area (Å²) < 4.78 is 5.41. The molecule has 0 bridgehead atoms. The molecule has 2 aromatic heterocycles. The van der Waals surface area contributed by atoms with Crippen LogP contribution in [0.5, 0.6) is 0 Å². The molecule has 0 radical (unpaired) electrons. The second-order valence-corrected chi connectivity index (χ2v) is 5.67. The van der Waals surface area contributed by atoms with Crippen LogP contribution in [0.25, 0.3) is 0 Å². The first kappa shape index (κ1) is 13.7. The Balaban J connectivity index is 1.83. The molecule has 0 aromatic carbocycles. The Hall–Kier alpha value is -1.69. The summed E-state index contributed by atoms with van der Waals surface area (Å²) in [5, 5.41) is 12.2. The lowest BCUT2D eigenvalue weighted by Crippen LogP contribution is -2.11. The molecule has 0 saturated carbocycles. The fourth-order valence-corrected chi connectivity index (χ4v) is 2.32. The van der Waals surface area contributed by atoms with E-state index in [1.807, 2.05) is 32.9 Å². The third-order valence-electron chi connectivity index (χ3n) is 2.58. The molecule has 0 atom stereocenters. The van der Waals surface area contributed by atoms with Crippen LogP contribution in [0.3, 0.4) is 0 Å². The number of amides is 1. The minimum absolute atomic E-state index is 0.0690. The highest BCUT2D eigenvalue weighted by molar-refractivity contribution is 7.15. The standard InChI is InChI=1S/C13H17N3O2S/c1-8(2)12-15-16-13(19-12)14-11(17)7-6-10-5-4-9(3)18-10/h4-5,8H,6-7H2,1-3H3,(H,14,16,17). The maximum absolute atomic E-state index is 11.8. The van der Waals surface area contributed by atoms with Gasteiger partial charge in [-0.25, -0.2) is 0 Å². The first-order valence-corrected chi connectivity index (χ1v) is 7.05. The zero-order chi connectivity index (χ0) is 13.8. The van der Waals surface area contributed by atoms with Crippen molar-refractivity contribution < 1.29 is 9.21 Å². The van der Waals surface area contributed by atoms with Gasteiger partial charge in [0, 0.05) is 18.8 Å². The predicted octanol–water partition coefficient (Wildman–Crippen LogP) is 3.13. The van der Waals surface area contributed by atoms with E-state index in [9.17, 15) is 4.79 Å². The number of rotatable bonds is 5. The van der Waals surface area contributed by atoms with Gasteiger partial charge in [0.1, 0.15) is 16.5 Å². The van der Waals surface area contributed by atoms with E-state index in [1.165, 1.54) is 11.3 Å². The highest BCUT2D eigenvalue weighted by atomic mass is 32.1. The van der Waals surface area contributed by atoms with Crippen LogP contribution in [0.1, 0.15) is 42.7 Å². The van der Waals surface area contributed by atoms with E-state index in [-0.39, 0.29) is 5.91 Å². The number of furan rings is 1. The molecule has 0 aliphatic heterocycles. The van der Waals surface area contributed by atoms with Crippen molar-refractivity contribution in [1.82, 2.24) is 10.2 Å². The van der Waals surface area contributed by atoms with Gasteiger partial charge < -0.3 is 9.73 Å². The zero-order valence-electron chi connectivity index (χ0n) is 11.3. The average Bonchev–Trinajstić information content (AvgIpc) is 2.96. The predicted molar refractivity (Wildman–Crippen MR) is 74.4 cm³/mol. The molecule has 2 heterocycles. The van der Waals surface area contributed by atoms with Gasteiger partial charge >= 0.3 is 0 Å². The van der Waals surface area contributed by atoms with Gasteiger partial charge in [-0.3, -0.25) is 4.79 Å². The molecule has 19 heavy (non-hydrogen) atoms. The van der Waals surface area contributed by atoms with Gasteiger partial charge in [-0.05, 0) is 19.1 Å². The van der Waals surface area contributed by atoms with Gasteiger partial charge in [0.2, 0.25) is 11.0 Å². The number of hydrogen-bond donors (Lipinski definition) is 1. The Bertz CT molecular complexity index is 560. The molecular formula is C13H17N3O2S. The molecule has 1 amide bonds. The SMILES string of the molecule is Cc1ccc(CCC(=O)Nc2nnc(C(C)C)s2)o1. The molecule has 0 fully saturated rings. The van der Waals surface area contributed by atoms with Gasteiger partial charge in [0.25, 0.3) is 0 Å². The summed E-state index contributed by atoms with van der Waals surface area (Å²) in [6.45, 7) is 5.98. The summed E-state index contributed by atoms with van der Waals surface area (Å²) in [5.74, 6) is 1.95.